The summed E-state index contributed by atoms with van der Waals surface area (Å²) in [5, 5.41) is 8.81. The molecule has 1 heterocycles. The molecule has 0 fully saturated rings. The number of nitrogens with zero attached hydrogens (tertiary/aromatic N) is 2. The average Bonchev–Trinajstić information content (AvgIpc) is 2.60. The van der Waals surface area contributed by atoms with E-state index in [1.165, 1.54) is 18.5 Å². The van der Waals surface area contributed by atoms with Crippen LogP contribution in [0, 0.1) is 6.92 Å². The van der Waals surface area contributed by atoms with Gasteiger partial charge in [-0.3, -0.25) is 0 Å². The predicted octanol–water partition coefficient (Wildman–Crippen LogP) is 4.65. The number of rotatable bonds is 8. The molecule has 0 bridgehead atoms. The fourth-order valence-electron chi connectivity index (χ4n) is 2.66. The Kier molecular flexibility index (Phi) is 6.97. The van der Waals surface area contributed by atoms with Gasteiger partial charge in [-0.2, -0.15) is 13.2 Å². The van der Waals surface area contributed by atoms with E-state index in [-0.39, 0.29) is 24.7 Å². The number of benzene rings is 1. The summed E-state index contributed by atoms with van der Waals surface area (Å²) in [5.41, 5.74) is -0.0520. The number of aliphatic hydroxyl groups is 1. The highest BCUT2D eigenvalue weighted by Crippen LogP contribution is 2.33. The van der Waals surface area contributed by atoms with Crippen molar-refractivity contribution in [3.63, 3.8) is 0 Å². The van der Waals surface area contributed by atoms with E-state index in [0.717, 1.165) is 25.3 Å². The van der Waals surface area contributed by atoms with Crippen LogP contribution in [-0.4, -0.2) is 21.7 Å². The lowest BCUT2D eigenvalue weighted by atomic mass is 10.0. The molecule has 0 amide bonds. The molecule has 142 valence electrons. The van der Waals surface area contributed by atoms with E-state index >= 15 is 0 Å². The Morgan fingerprint density at radius 1 is 1.15 bits per heavy atom. The van der Waals surface area contributed by atoms with E-state index in [1.54, 1.807) is 13.0 Å². The maximum atomic E-state index is 13.1. The molecular formula is C19H23F3N2O2. The Bertz CT molecular complexity index is 703. The zero-order valence-electron chi connectivity index (χ0n) is 14.9. The van der Waals surface area contributed by atoms with Gasteiger partial charge in [0.25, 0.3) is 0 Å². The number of ether oxygens (including phenoxy) is 1. The molecular weight excluding hydrogens is 345 g/mol. The summed E-state index contributed by atoms with van der Waals surface area (Å²) in [4.78, 5) is 8.48. The molecule has 0 saturated heterocycles. The number of unbranched alkanes of at least 4 members (excludes halogenated alkanes) is 1. The monoisotopic (exact) mass is 368 g/mol. The van der Waals surface area contributed by atoms with E-state index in [2.05, 4.69) is 9.97 Å². The quantitative estimate of drug-likeness (QED) is 0.689. The van der Waals surface area contributed by atoms with Gasteiger partial charge in [0.2, 0.25) is 0 Å². The van der Waals surface area contributed by atoms with Crippen molar-refractivity contribution in [1.82, 2.24) is 9.97 Å². The predicted molar refractivity (Wildman–Crippen MR) is 91.9 cm³/mol. The Labute approximate surface area is 151 Å². The van der Waals surface area contributed by atoms with E-state index < -0.39 is 11.7 Å². The first-order valence-electron chi connectivity index (χ1n) is 8.54. The van der Waals surface area contributed by atoms with Crippen LogP contribution in [0.25, 0.3) is 0 Å². The first-order valence-corrected chi connectivity index (χ1v) is 8.54. The summed E-state index contributed by atoms with van der Waals surface area (Å²) in [6.45, 7) is 3.59. The highest BCUT2D eigenvalue weighted by atomic mass is 19.4. The second-order valence-corrected chi connectivity index (χ2v) is 6.28. The summed E-state index contributed by atoms with van der Waals surface area (Å²) in [5.74, 6) is 1.12. The minimum absolute atomic E-state index is 0.112. The molecule has 2 aromatic rings. The average molecular weight is 368 g/mol. The van der Waals surface area contributed by atoms with E-state index in [0.29, 0.717) is 17.1 Å². The van der Waals surface area contributed by atoms with Crippen LogP contribution in [0.3, 0.4) is 0 Å². The molecule has 4 nitrogen and oxygen atoms in total. The molecule has 26 heavy (non-hydrogen) atoms. The van der Waals surface area contributed by atoms with Gasteiger partial charge in [-0.25, -0.2) is 9.97 Å². The van der Waals surface area contributed by atoms with Crippen LogP contribution in [0.15, 0.2) is 30.6 Å². The van der Waals surface area contributed by atoms with Gasteiger partial charge in [0.05, 0.1) is 18.0 Å². The summed E-state index contributed by atoms with van der Waals surface area (Å²) < 4.78 is 44.9. The van der Waals surface area contributed by atoms with Crippen LogP contribution < -0.4 is 4.74 Å². The van der Waals surface area contributed by atoms with Crippen molar-refractivity contribution in [2.75, 3.05) is 6.61 Å². The number of aromatic nitrogens is 2. The lowest BCUT2D eigenvalue weighted by molar-refractivity contribution is -0.138. The molecule has 1 unspecified atom stereocenters. The Hall–Kier alpha value is -2.15. The molecule has 0 saturated carbocycles. The van der Waals surface area contributed by atoms with Crippen LogP contribution in [0.2, 0.25) is 0 Å². The number of hydrogen-bond acceptors (Lipinski definition) is 4. The number of alkyl halides is 3. The number of halogens is 3. The minimum Gasteiger partial charge on any atom is -0.486 e. The van der Waals surface area contributed by atoms with Gasteiger partial charge in [0.1, 0.15) is 12.4 Å². The normalized spacial score (nSPS) is 12.8. The lowest BCUT2D eigenvalue weighted by Crippen LogP contribution is -2.12. The second kappa shape index (κ2) is 8.98. The Balaban J connectivity index is 2.03. The molecule has 0 spiro atoms. The summed E-state index contributed by atoms with van der Waals surface area (Å²) >= 11 is 0. The smallest absolute Gasteiger partial charge is 0.416 e. The van der Waals surface area contributed by atoms with Gasteiger partial charge >= 0.3 is 6.18 Å². The number of aliphatic hydroxyl groups excluding tert-OH is 1. The fourth-order valence-corrected chi connectivity index (χ4v) is 2.66. The van der Waals surface area contributed by atoms with Gasteiger partial charge in [0.15, 0.2) is 5.75 Å². The standard InChI is InChI=1S/C19H23F3N2O2/c1-13-7-5-8-17(19(20,21)22)16(13)12-26-15-10-23-18(24-11-15)14(2)6-3-4-9-25/h5,7-8,10-11,14,25H,3-4,6,9,12H2,1-2H3. The van der Waals surface area contributed by atoms with E-state index in [4.69, 9.17) is 9.84 Å². The van der Waals surface area contributed by atoms with Gasteiger partial charge in [-0.1, -0.05) is 25.5 Å². The Morgan fingerprint density at radius 3 is 2.46 bits per heavy atom. The zero-order valence-corrected chi connectivity index (χ0v) is 14.9. The lowest BCUT2D eigenvalue weighted by Gasteiger charge is -2.16. The van der Waals surface area contributed by atoms with Crippen molar-refractivity contribution in [2.45, 2.75) is 51.8 Å². The highest BCUT2D eigenvalue weighted by molar-refractivity contribution is 5.36. The highest BCUT2D eigenvalue weighted by Gasteiger charge is 2.33. The number of hydrogen-bond donors (Lipinski definition) is 1. The fraction of sp³-hybridized carbons (Fsp3) is 0.474. The van der Waals surface area contributed by atoms with Crippen LogP contribution >= 0.6 is 0 Å². The summed E-state index contributed by atoms with van der Waals surface area (Å²) in [6.07, 6.45) is 1.02. The van der Waals surface area contributed by atoms with E-state index in [1.807, 2.05) is 6.92 Å². The van der Waals surface area contributed by atoms with Crippen molar-refractivity contribution < 1.29 is 23.0 Å². The third kappa shape index (κ3) is 5.42. The summed E-state index contributed by atoms with van der Waals surface area (Å²) in [7, 11) is 0. The number of aryl methyl sites for hydroxylation is 1. The maximum Gasteiger partial charge on any atom is 0.416 e. The van der Waals surface area contributed by atoms with Crippen molar-refractivity contribution in [3.8, 4) is 5.75 Å². The molecule has 1 aromatic carbocycles. The van der Waals surface area contributed by atoms with Crippen molar-refractivity contribution >= 4 is 0 Å². The van der Waals surface area contributed by atoms with Crippen LogP contribution in [-0.2, 0) is 12.8 Å². The molecule has 1 atom stereocenters. The van der Waals surface area contributed by atoms with Gasteiger partial charge in [0, 0.05) is 18.1 Å². The molecule has 2 rings (SSSR count). The first kappa shape index (κ1) is 20.2. The molecule has 1 aromatic heterocycles. The molecule has 0 aliphatic heterocycles. The van der Waals surface area contributed by atoms with Crippen LogP contribution in [0.1, 0.15) is 54.6 Å². The molecule has 1 N–H and O–H groups in total. The minimum atomic E-state index is -4.42. The van der Waals surface area contributed by atoms with Gasteiger partial charge < -0.3 is 9.84 Å². The first-order chi connectivity index (χ1) is 12.3. The van der Waals surface area contributed by atoms with Crippen molar-refractivity contribution in [1.29, 1.82) is 0 Å². The second-order valence-electron chi connectivity index (χ2n) is 6.28. The molecule has 7 heteroatoms. The van der Waals surface area contributed by atoms with Crippen molar-refractivity contribution in [3.05, 3.63) is 53.1 Å². The summed E-state index contributed by atoms with van der Waals surface area (Å²) in [6, 6.07) is 4.07. The molecule has 0 aliphatic carbocycles. The largest absolute Gasteiger partial charge is 0.486 e. The van der Waals surface area contributed by atoms with Crippen LogP contribution in [0.5, 0.6) is 5.75 Å². The molecule has 0 aliphatic rings. The Morgan fingerprint density at radius 2 is 1.85 bits per heavy atom. The SMILES string of the molecule is Cc1cccc(C(F)(F)F)c1COc1cnc(C(C)CCCCO)nc1. The molecule has 0 radical (unpaired) electrons. The van der Waals surface area contributed by atoms with E-state index in [9.17, 15) is 13.2 Å². The zero-order chi connectivity index (χ0) is 19.2. The third-order valence-corrected chi connectivity index (χ3v) is 4.23. The van der Waals surface area contributed by atoms with Crippen molar-refractivity contribution in [2.24, 2.45) is 0 Å². The van der Waals surface area contributed by atoms with Crippen LogP contribution in [0.4, 0.5) is 13.2 Å². The topological polar surface area (TPSA) is 55.2 Å². The van der Waals surface area contributed by atoms with Gasteiger partial charge in [-0.15, -0.1) is 0 Å². The maximum absolute atomic E-state index is 13.1. The third-order valence-electron chi connectivity index (χ3n) is 4.23. The van der Waals surface area contributed by atoms with Gasteiger partial charge in [-0.05, 0) is 31.4 Å².